The van der Waals surface area contributed by atoms with Gasteiger partial charge in [0.15, 0.2) is 0 Å². The second-order valence-corrected chi connectivity index (χ2v) is 6.06. The van der Waals surface area contributed by atoms with E-state index < -0.39 is 17.7 Å². The summed E-state index contributed by atoms with van der Waals surface area (Å²) in [5.74, 6) is -2.29. The number of rotatable bonds is 5. The topological polar surface area (TPSA) is 84.2 Å². The van der Waals surface area contributed by atoms with Gasteiger partial charge in [0.1, 0.15) is 17.1 Å². The van der Waals surface area contributed by atoms with E-state index in [4.69, 9.17) is 0 Å². The molecule has 0 fully saturated rings. The van der Waals surface area contributed by atoms with Crippen LogP contribution in [0.3, 0.4) is 0 Å². The fourth-order valence-electron chi connectivity index (χ4n) is 2.33. The van der Waals surface area contributed by atoms with Crippen molar-refractivity contribution < 1.29 is 19.1 Å². The highest BCUT2D eigenvalue weighted by Crippen LogP contribution is 2.35. The summed E-state index contributed by atoms with van der Waals surface area (Å²) < 4.78 is 14.9. The largest absolute Gasteiger partial charge is 0.478 e. The SMILES string of the molecule is CCn1ccc(-c2scc(NC(=O)c3cccc(F)c3)c2C(=O)O)n1. The van der Waals surface area contributed by atoms with Gasteiger partial charge in [0.25, 0.3) is 5.91 Å². The van der Waals surface area contributed by atoms with Gasteiger partial charge in [0.2, 0.25) is 0 Å². The maximum absolute atomic E-state index is 13.3. The Hall–Kier alpha value is -3.00. The van der Waals surface area contributed by atoms with Crippen LogP contribution in [-0.2, 0) is 6.54 Å². The number of hydrogen-bond donors (Lipinski definition) is 2. The third-order valence-electron chi connectivity index (χ3n) is 3.54. The molecule has 0 bridgehead atoms. The van der Waals surface area contributed by atoms with E-state index in [1.54, 1.807) is 22.3 Å². The zero-order valence-electron chi connectivity index (χ0n) is 13.2. The van der Waals surface area contributed by atoms with Gasteiger partial charge in [0, 0.05) is 23.7 Å². The summed E-state index contributed by atoms with van der Waals surface area (Å²) in [4.78, 5) is 24.4. The molecule has 0 saturated carbocycles. The van der Waals surface area contributed by atoms with Crippen LogP contribution < -0.4 is 5.32 Å². The molecule has 3 rings (SSSR count). The molecule has 0 aliphatic rings. The average molecular weight is 359 g/mol. The van der Waals surface area contributed by atoms with Crippen molar-refractivity contribution in [3.05, 3.63) is 58.9 Å². The lowest BCUT2D eigenvalue weighted by molar-refractivity contribution is 0.0699. The molecule has 0 spiro atoms. The number of hydrogen-bond acceptors (Lipinski definition) is 4. The van der Waals surface area contributed by atoms with E-state index in [9.17, 15) is 19.1 Å². The number of benzene rings is 1. The number of nitrogens with zero attached hydrogens (tertiary/aromatic N) is 2. The van der Waals surface area contributed by atoms with Crippen molar-refractivity contribution in [2.75, 3.05) is 5.32 Å². The van der Waals surface area contributed by atoms with Gasteiger partial charge in [-0.25, -0.2) is 9.18 Å². The summed E-state index contributed by atoms with van der Waals surface area (Å²) >= 11 is 1.18. The fourth-order valence-corrected chi connectivity index (χ4v) is 3.29. The quantitative estimate of drug-likeness (QED) is 0.727. The minimum Gasteiger partial charge on any atom is -0.478 e. The Morgan fingerprint density at radius 1 is 1.36 bits per heavy atom. The molecule has 8 heteroatoms. The maximum Gasteiger partial charge on any atom is 0.339 e. The molecular weight excluding hydrogens is 345 g/mol. The highest BCUT2D eigenvalue weighted by Gasteiger charge is 2.22. The lowest BCUT2D eigenvalue weighted by atomic mass is 10.1. The van der Waals surface area contributed by atoms with Crippen LogP contribution >= 0.6 is 11.3 Å². The molecule has 0 unspecified atom stereocenters. The number of carboxylic acids is 1. The zero-order chi connectivity index (χ0) is 18.0. The number of anilines is 1. The molecule has 1 amide bonds. The lowest BCUT2D eigenvalue weighted by Gasteiger charge is -2.05. The highest BCUT2D eigenvalue weighted by atomic mass is 32.1. The maximum atomic E-state index is 13.3. The third-order valence-corrected chi connectivity index (χ3v) is 4.54. The molecule has 2 heterocycles. The number of aryl methyl sites for hydroxylation is 1. The van der Waals surface area contributed by atoms with Crippen LogP contribution in [0.4, 0.5) is 10.1 Å². The standard InChI is InChI=1S/C17H14FN3O3S/c1-2-21-7-6-12(20-21)15-14(17(23)24)13(9-25-15)19-16(22)10-4-3-5-11(18)8-10/h3-9H,2H2,1H3,(H,19,22)(H,23,24). The van der Waals surface area contributed by atoms with Gasteiger partial charge < -0.3 is 10.4 Å². The monoisotopic (exact) mass is 359 g/mol. The summed E-state index contributed by atoms with van der Waals surface area (Å²) in [6.45, 7) is 2.59. The summed E-state index contributed by atoms with van der Waals surface area (Å²) in [6.07, 6.45) is 1.76. The molecule has 0 saturated heterocycles. The highest BCUT2D eigenvalue weighted by molar-refractivity contribution is 7.14. The summed E-state index contributed by atoms with van der Waals surface area (Å²) in [6, 6.07) is 6.91. The number of thiophene rings is 1. The van der Waals surface area contributed by atoms with Crippen molar-refractivity contribution in [1.29, 1.82) is 0 Å². The predicted molar refractivity (Wildman–Crippen MR) is 92.5 cm³/mol. The number of carboxylic acid groups (broad SMARTS) is 1. The number of carbonyl (C=O) groups excluding carboxylic acids is 1. The molecule has 3 aromatic rings. The van der Waals surface area contributed by atoms with Gasteiger partial charge >= 0.3 is 5.97 Å². The van der Waals surface area contributed by atoms with Crippen LogP contribution in [0, 0.1) is 5.82 Å². The van der Waals surface area contributed by atoms with Gasteiger partial charge in [-0.1, -0.05) is 6.07 Å². The van der Waals surface area contributed by atoms with E-state index >= 15 is 0 Å². The van der Waals surface area contributed by atoms with Crippen molar-refractivity contribution in [2.24, 2.45) is 0 Å². The first-order chi connectivity index (χ1) is 12.0. The third kappa shape index (κ3) is 3.43. The van der Waals surface area contributed by atoms with Crippen molar-refractivity contribution in [2.45, 2.75) is 13.5 Å². The molecule has 0 aliphatic carbocycles. The second-order valence-electron chi connectivity index (χ2n) is 5.18. The van der Waals surface area contributed by atoms with Crippen LogP contribution in [0.25, 0.3) is 10.6 Å². The number of nitrogens with one attached hydrogen (secondary N) is 1. The number of amides is 1. The van der Waals surface area contributed by atoms with Crippen LogP contribution in [0.15, 0.2) is 41.9 Å². The molecule has 1 aromatic carbocycles. The molecule has 25 heavy (non-hydrogen) atoms. The minimum atomic E-state index is -1.17. The van der Waals surface area contributed by atoms with Crippen molar-refractivity contribution in [1.82, 2.24) is 9.78 Å². The summed E-state index contributed by atoms with van der Waals surface area (Å²) in [5.41, 5.74) is 0.763. The van der Waals surface area contributed by atoms with Crippen LogP contribution in [0.5, 0.6) is 0 Å². The van der Waals surface area contributed by atoms with E-state index in [0.717, 1.165) is 6.07 Å². The number of aromatic nitrogens is 2. The van der Waals surface area contributed by atoms with Crippen molar-refractivity contribution >= 4 is 28.9 Å². The Morgan fingerprint density at radius 3 is 2.80 bits per heavy atom. The second kappa shape index (κ2) is 6.86. The molecule has 2 N–H and O–H groups in total. The zero-order valence-corrected chi connectivity index (χ0v) is 14.0. The van der Waals surface area contributed by atoms with Gasteiger partial charge in [-0.15, -0.1) is 11.3 Å². The fraction of sp³-hybridized carbons (Fsp3) is 0.118. The van der Waals surface area contributed by atoms with Crippen LogP contribution in [-0.4, -0.2) is 26.8 Å². The van der Waals surface area contributed by atoms with E-state index in [-0.39, 0.29) is 16.8 Å². The van der Waals surface area contributed by atoms with E-state index in [1.807, 2.05) is 6.92 Å². The van der Waals surface area contributed by atoms with Crippen molar-refractivity contribution in [3.63, 3.8) is 0 Å². The first kappa shape index (κ1) is 16.8. The Kier molecular flexibility index (Phi) is 4.62. The molecule has 0 atom stereocenters. The van der Waals surface area contributed by atoms with E-state index in [0.29, 0.717) is 17.1 Å². The smallest absolute Gasteiger partial charge is 0.339 e. The molecular formula is C17H14FN3O3S. The molecule has 0 radical (unpaired) electrons. The van der Waals surface area contributed by atoms with Gasteiger partial charge in [0.05, 0.1) is 10.6 Å². The van der Waals surface area contributed by atoms with Gasteiger partial charge in [-0.3, -0.25) is 9.48 Å². The predicted octanol–water partition coefficient (Wildman–Crippen LogP) is 3.72. The normalized spacial score (nSPS) is 10.6. The molecule has 2 aromatic heterocycles. The molecule has 128 valence electrons. The van der Waals surface area contributed by atoms with Crippen molar-refractivity contribution in [3.8, 4) is 10.6 Å². The van der Waals surface area contributed by atoms with Gasteiger partial charge in [-0.2, -0.15) is 5.10 Å². The summed E-state index contributed by atoms with van der Waals surface area (Å²) in [5, 5.41) is 17.9. The molecule has 6 nitrogen and oxygen atoms in total. The number of carbonyl (C=O) groups is 2. The van der Waals surface area contributed by atoms with Crippen LogP contribution in [0.2, 0.25) is 0 Å². The first-order valence-electron chi connectivity index (χ1n) is 7.45. The van der Waals surface area contributed by atoms with E-state index in [2.05, 4.69) is 10.4 Å². The first-order valence-corrected chi connectivity index (χ1v) is 8.33. The number of halogens is 1. The Bertz CT molecular complexity index is 948. The Balaban J connectivity index is 1.94. The lowest BCUT2D eigenvalue weighted by Crippen LogP contribution is -2.14. The average Bonchev–Trinajstić information content (AvgIpc) is 3.21. The Labute approximate surface area is 146 Å². The van der Waals surface area contributed by atoms with E-state index in [1.165, 1.54) is 29.5 Å². The summed E-state index contributed by atoms with van der Waals surface area (Å²) in [7, 11) is 0. The van der Waals surface area contributed by atoms with Gasteiger partial charge in [-0.05, 0) is 31.2 Å². The van der Waals surface area contributed by atoms with Crippen LogP contribution in [0.1, 0.15) is 27.6 Å². The number of aromatic carboxylic acids is 1. The molecule has 0 aliphatic heterocycles. The Morgan fingerprint density at radius 2 is 2.16 bits per heavy atom. The minimum absolute atomic E-state index is 0.0314.